The first kappa shape index (κ1) is 10.3. The van der Waals surface area contributed by atoms with Gasteiger partial charge in [0.2, 0.25) is 0 Å². The standard InChI is InChI=1S/C14H13BrSi/c1-16(2)13-6-4-3-5-11(13)12-9-10(15)7-8-14(12)16/h3-9H,1-2H3. The minimum atomic E-state index is -1.43. The van der Waals surface area contributed by atoms with Crippen LogP contribution in [0.25, 0.3) is 11.1 Å². The van der Waals surface area contributed by atoms with E-state index in [0.717, 1.165) is 0 Å². The Hall–Kier alpha value is -0.863. The van der Waals surface area contributed by atoms with Gasteiger partial charge in [0, 0.05) is 4.47 Å². The SMILES string of the molecule is C[Si]1(C)c2ccccc2-c2cc(Br)ccc21. The summed E-state index contributed by atoms with van der Waals surface area (Å²) in [5, 5.41) is 3.14. The molecule has 2 aromatic carbocycles. The maximum absolute atomic E-state index is 3.57. The van der Waals surface area contributed by atoms with E-state index in [1.54, 1.807) is 10.4 Å². The summed E-state index contributed by atoms with van der Waals surface area (Å²) in [5.41, 5.74) is 2.87. The number of halogens is 1. The van der Waals surface area contributed by atoms with Crippen LogP contribution in [0.1, 0.15) is 0 Å². The lowest BCUT2D eigenvalue weighted by molar-refractivity contribution is 1.66. The highest BCUT2D eigenvalue weighted by atomic mass is 79.9. The van der Waals surface area contributed by atoms with Gasteiger partial charge < -0.3 is 0 Å². The summed E-state index contributed by atoms with van der Waals surface area (Å²) in [6, 6.07) is 15.6. The summed E-state index contributed by atoms with van der Waals surface area (Å²) in [6.45, 7) is 4.87. The van der Waals surface area contributed by atoms with Gasteiger partial charge in [-0.05, 0) is 33.6 Å². The molecule has 0 aliphatic carbocycles. The van der Waals surface area contributed by atoms with Crippen molar-refractivity contribution in [1.82, 2.24) is 0 Å². The first-order valence-electron chi connectivity index (χ1n) is 5.50. The molecule has 80 valence electrons. The zero-order valence-corrected chi connectivity index (χ0v) is 12.0. The van der Waals surface area contributed by atoms with E-state index in [-0.39, 0.29) is 0 Å². The van der Waals surface area contributed by atoms with E-state index in [1.807, 2.05) is 0 Å². The molecule has 0 bridgehead atoms. The Labute approximate surface area is 105 Å². The van der Waals surface area contributed by atoms with Crippen molar-refractivity contribution in [2.24, 2.45) is 0 Å². The van der Waals surface area contributed by atoms with E-state index >= 15 is 0 Å². The van der Waals surface area contributed by atoms with Gasteiger partial charge in [0.15, 0.2) is 0 Å². The third kappa shape index (κ3) is 1.26. The minimum absolute atomic E-state index is 1.17. The van der Waals surface area contributed by atoms with Crippen molar-refractivity contribution < 1.29 is 0 Å². The number of benzene rings is 2. The molecular formula is C14H13BrSi. The fourth-order valence-corrected chi connectivity index (χ4v) is 6.13. The molecule has 0 atom stereocenters. The van der Waals surface area contributed by atoms with Crippen molar-refractivity contribution in [2.75, 3.05) is 0 Å². The van der Waals surface area contributed by atoms with Gasteiger partial charge in [-0.1, -0.05) is 59.4 Å². The zero-order valence-electron chi connectivity index (χ0n) is 9.42. The highest BCUT2D eigenvalue weighted by molar-refractivity contribution is 9.10. The quantitative estimate of drug-likeness (QED) is 0.653. The smallest absolute Gasteiger partial charge is 0.0623 e. The van der Waals surface area contributed by atoms with Gasteiger partial charge >= 0.3 is 0 Å². The number of hydrogen-bond donors (Lipinski definition) is 0. The summed E-state index contributed by atoms with van der Waals surface area (Å²) in [5.74, 6) is 0. The van der Waals surface area contributed by atoms with Gasteiger partial charge in [-0.2, -0.15) is 0 Å². The molecule has 2 heteroatoms. The lowest BCUT2D eigenvalue weighted by Gasteiger charge is -2.18. The predicted octanol–water partition coefficient (Wildman–Crippen LogP) is 3.25. The van der Waals surface area contributed by atoms with Gasteiger partial charge in [0.25, 0.3) is 0 Å². The van der Waals surface area contributed by atoms with Crippen LogP contribution in [-0.4, -0.2) is 8.07 Å². The molecule has 1 heterocycles. The Morgan fingerprint density at radius 3 is 2.38 bits per heavy atom. The fourth-order valence-electron chi connectivity index (χ4n) is 2.69. The summed E-state index contributed by atoms with van der Waals surface area (Å²) < 4.78 is 1.17. The van der Waals surface area contributed by atoms with Crippen molar-refractivity contribution in [3.8, 4) is 11.1 Å². The molecular weight excluding hydrogens is 276 g/mol. The average Bonchev–Trinajstić information content (AvgIpc) is 2.49. The summed E-state index contributed by atoms with van der Waals surface area (Å²) in [4.78, 5) is 0. The van der Waals surface area contributed by atoms with Crippen molar-refractivity contribution >= 4 is 34.4 Å². The van der Waals surface area contributed by atoms with Crippen LogP contribution in [0.5, 0.6) is 0 Å². The van der Waals surface area contributed by atoms with E-state index in [4.69, 9.17) is 0 Å². The lowest BCUT2D eigenvalue weighted by atomic mass is 10.1. The highest BCUT2D eigenvalue weighted by Gasteiger charge is 2.36. The Bertz CT molecular complexity index is 573. The molecule has 0 aromatic heterocycles. The van der Waals surface area contributed by atoms with Crippen LogP contribution < -0.4 is 10.4 Å². The van der Waals surface area contributed by atoms with Gasteiger partial charge in [0.1, 0.15) is 8.07 Å². The molecule has 0 N–H and O–H groups in total. The number of fused-ring (bicyclic) bond motifs is 3. The molecule has 16 heavy (non-hydrogen) atoms. The maximum atomic E-state index is 3.57. The van der Waals surface area contributed by atoms with E-state index < -0.39 is 8.07 Å². The average molecular weight is 289 g/mol. The van der Waals surface area contributed by atoms with E-state index in [9.17, 15) is 0 Å². The van der Waals surface area contributed by atoms with E-state index in [1.165, 1.54) is 15.6 Å². The maximum Gasteiger partial charge on any atom is 0.113 e. The molecule has 2 aromatic rings. The van der Waals surface area contributed by atoms with Crippen molar-refractivity contribution in [1.29, 1.82) is 0 Å². The molecule has 0 saturated heterocycles. The largest absolute Gasteiger partial charge is 0.113 e. The third-order valence-corrected chi connectivity index (χ3v) is 7.60. The second kappa shape index (κ2) is 3.31. The predicted molar refractivity (Wildman–Crippen MR) is 76.3 cm³/mol. The van der Waals surface area contributed by atoms with Crippen molar-refractivity contribution in [2.45, 2.75) is 13.1 Å². The van der Waals surface area contributed by atoms with Crippen LogP contribution in [0.15, 0.2) is 46.9 Å². The highest BCUT2D eigenvalue weighted by Crippen LogP contribution is 2.29. The first-order valence-corrected chi connectivity index (χ1v) is 9.30. The zero-order chi connectivity index (χ0) is 11.3. The second-order valence-electron chi connectivity index (χ2n) is 4.86. The lowest BCUT2D eigenvalue weighted by Crippen LogP contribution is -2.49. The third-order valence-electron chi connectivity index (χ3n) is 3.55. The molecule has 0 saturated carbocycles. The molecule has 0 spiro atoms. The summed E-state index contributed by atoms with van der Waals surface area (Å²) in [6.07, 6.45) is 0. The molecule has 0 nitrogen and oxygen atoms in total. The molecule has 0 radical (unpaired) electrons. The van der Waals surface area contributed by atoms with Crippen molar-refractivity contribution in [3.05, 3.63) is 46.9 Å². The summed E-state index contributed by atoms with van der Waals surface area (Å²) >= 11 is 3.57. The van der Waals surface area contributed by atoms with Crippen LogP contribution in [0, 0.1) is 0 Å². The number of hydrogen-bond acceptors (Lipinski definition) is 0. The van der Waals surface area contributed by atoms with Crippen LogP contribution in [0.2, 0.25) is 13.1 Å². The number of rotatable bonds is 0. The molecule has 0 fully saturated rings. The fraction of sp³-hybridized carbons (Fsp3) is 0.143. The van der Waals surface area contributed by atoms with Crippen LogP contribution in [-0.2, 0) is 0 Å². The van der Waals surface area contributed by atoms with Gasteiger partial charge in [-0.3, -0.25) is 0 Å². The molecule has 3 rings (SSSR count). The Balaban J connectivity index is 2.40. The second-order valence-corrected chi connectivity index (χ2v) is 10.1. The Morgan fingerprint density at radius 1 is 0.875 bits per heavy atom. The Kier molecular flexibility index (Phi) is 2.13. The van der Waals surface area contributed by atoms with Gasteiger partial charge in [-0.25, -0.2) is 0 Å². The molecule has 1 aliphatic rings. The molecule has 0 unspecified atom stereocenters. The van der Waals surface area contributed by atoms with Crippen LogP contribution >= 0.6 is 15.9 Å². The van der Waals surface area contributed by atoms with Crippen molar-refractivity contribution in [3.63, 3.8) is 0 Å². The molecule has 0 amide bonds. The van der Waals surface area contributed by atoms with E-state index in [0.29, 0.717) is 0 Å². The van der Waals surface area contributed by atoms with Gasteiger partial charge in [0.05, 0.1) is 0 Å². The van der Waals surface area contributed by atoms with Gasteiger partial charge in [-0.15, -0.1) is 0 Å². The van der Waals surface area contributed by atoms with E-state index in [2.05, 4.69) is 71.5 Å². The normalized spacial score (nSPS) is 15.7. The van der Waals surface area contributed by atoms with Crippen LogP contribution in [0.3, 0.4) is 0 Å². The van der Waals surface area contributed by atoms with Crippen LogP contribution in [0.4, 0.5) is 0 Å². The molecule has 1 aliphatic heterocycles. The summed E-state index contributed by atoms with van der Waals surface area (Å²) in [7, 11) is -1.43. The monoisotopic (exact) mass is 288 g/mol. The Morgan fingerprint density at radius 2 is 1.56 bits per heavy atom. The first-order chi connectivity index (χ1) is 7.60. The topological polar surface area (TPSA) is 0 Å². The minimum Gasteiger partial charge on any atom is -0.0623 e.